The van der Waals surface area contributed by atoms with Crippen molar-refractivity contribution in [2.24, 2.45) is 5.92 Å². The van der Waals surface area contributed by atoms with E-state index < -0.39 is 0 Å². The van der Waals surface area contributed by atoms with Crippen LogP contribution < -0.4 is 5.32 Å². The van der Waals surface area contributed by atoms with Crippen molar-refractivity contribution in [2.45, 2.75) is 26.4 Å². The summed E-state index contributed by atoms with van der Waals surface area (Å²) in [6, 6.07) is 0. The molecule has 0 aliphatic carbocycles. The Kier molecular flexibility index (Phi) is 7.82. The highest BCUT2D eigenvalue weighted by Crippen LogP contribution is 2.08. The molecule has 1 aliphatic rings. The molecule has 1 N–H and O–H groups in total. The van der Waals surface area contributed by atoms with Crippen LogP contribution in [0.15, 0.2) is 0 Å². The lowest BCUT2D eigenvalue weighted by molar-refractivity contribution is -0.0414. The number of morpholine rings is 1. The summed E-state index contributed by atoms with van der Waals surface area (Å²) in [7, 11) is 4.21. The van der Waals surface area contributed by atoms with Gasteiger partial charge in [0.15, 0.2) is 0 Å². The summed E-state index contributed by atoms with van der Waals surface area (Å²) in [5.41, 5.74) is 0. The van der Waals surface area contributed by atoms with Crippen molar-refractivity contribution in [2.75, 3.05) is 60.0 Å². The van der Waals surface area contributed by atoms with Crippen LogP contribution in [-0.4, -0.2) is 75.9 Å². The second-order valence-electron chi connectivity index (χ2n) is 5.87. The zero-order valence-corrected chi connectivity index (χ0v) is 12.6. The van der Waals surface area contributed by atoms with Crippen LogP contribution in [0.5, 0.6) is 0 Å². The standard InChI is InChI=1S/C14H31N3O/c1-13(2)10-16(4)11-14-12-17(8-9-18-14)7-5-6-15-3/h13-15H,5-12H2,1-4H3/t14-/m1/s1. The van der Waals surface area contributed by atoms with Gasteiger partial charge in [0, 0.05) is 26.2 Å². The maximum atomic E-state index is 5.87. The monoisotopic (exact) mass is 257 g/mol. The van der Waals surface area contributed by atoms with Gasteiger partial charge >= 0.3 is 0 Å². The van der Waals surface area contributed by atoms with Crippen LogP contribution in [0, 0.1) is 5.92 Å². The third-order valence-electron chi connectivity index (χ3n) is 3.32. The van der Waals surface area contributed by atoms with Gasteiger partial charge in [-0.15, -0.1) is 0 Å². The molecule has 1 atom stereocenters. The van der Waals surface area contributed by atoms with Crippen molar-refractivity contribution in [3.8, 4) is 0 Å². The summed E-state index contributed by atoms with van der Waals surface area (Å²) in [6.45, 7) is 12.1. The first kappa shape index (κ1) is 15.9. The number of rotatable bonds is 8. The summed E-state index contributed by atoms with van der Waals surface area (Å²) in [5, 5.41) is 3.21. The maximum absolute atomic E-state index is 5.87. The van der Waals surface area contributed by atoms with Gasteiger partial charge in [-0.1, -0.05) is 13.8 Å². The summed E-state index contributed by atoms with van der Waals surface area (Å²) >= 11 is 0. The van der Waals surface area contributed by atoms with Crippen molar-refractivity contribution in [1.82, 2.24) is 15.1 Å². The van der Waals surface area contributed by atoms with Crippen molar-refractivity contribution in [3.05, 3.63) is 0 Å². The highest BCUT2D eigenvalue weighted by molar-refractivity contribution is 4.74. The first-order valence-electron chi connectivity index (χ1n) is 7.29. The van der Waals surface area contributed by atoms with E-state index in [2.05, 4.69) is 36.0 Å². The minimum absolute atomic E-state index is 0.386. The average Bonchev–Trinajstić information content (AvgIpc) is 2.28. The number of hydrogen-bond acceptors (Lipinski definition) is 4. The minimum Gasteiger partial charge on any atom is -0.374 e. The van der Waals surface area contributed by atoms with E-state index in [9.17, 15) is 0 Å². The smallest absolute Gasteiger partial charge is 0.0829 e. The first-order chi connectivity index (χ1) is 8.61. The van der Waals surface area contributed by atoms with E-state index in [0.29, 0.717) is 6.10 Å². The van der Waals surface area contributed by atoms with Crippen LogP contribution in [0.3, 0.4) is 0 Å². The number of ether oxygens (including phenoxy) is 1. The minimum atomic E-state index is 0.386. The van der Waals surface area contributed by atoms with Gasteiger partial charge in [-0.05, 0) is 39.5 Å². The Morgan fingerprint density at radius 3 is 2.89 bits per heavy atom. The van der Waals surface area contributed by atoms with E-state index in [1.165, 1.54) is 13.0 Å². The van der Waals surface area contributed by atoms with Crippen molar-refractivity contribution >= 4 is 0 Å². The number of nitrogens with zero attached hydrogens (tertiary/aromatic N) is 2. The van der Waals surface area contributed by atoms with Gasteiger partial charge in [0.25, 0.3) is 0 Å². The van der Waals surface area contributed by atoms with Gasteiger partial charge in [-0.3, -0.25) is 4.90 Å². The molecule has 0 bridgehead atoms. The Labute approximate surface area is 113 Å². The zero-order chi connectivity index (χ0) is 13.4. The van der Waals surface area contributed by atoms with Gasteiger partial charge in [-0.25, -0.2) is 0 Å². The van der Waals surface area contributed by atoms with E-state index in [1.54, 1.807) is 0 Å². The van der Waals surface area contributed by atoms with Crippen LogP contribution in [0.2, 0.25) is 0 Å². The quantitative estimate of drug-likeness (QED) is 0.654. The third-order valence-corrected chi connectivity index (χ3v) is 3.32. The fraction of sp³-hybridized carbons (Fsp3) is 1.00. The highest BCUT2D eigenvalue weighted by atomic mass is 16.5. The van der Waals surface area contributed by atoms with E-state index in [-0.39, 0.29) is 0 Å². The summed E-state index contributed by atoms with van der Waals surface area (Å²) in [4.78, 5) is 4.93. The normalized spacial score (nSPS) is 22.0. The van der Waals surface area contributed by atoms with E-state index in [0.717, 1.165) is 45.2 Å². The molecule has 18 heavy (non-hydrogen) atoms. The lowest BCUT2D eigenvalue weighted by atomic mass is 10.2. The molecule has 4 nitrogen and oxygen atoms in total. The molecule has 0 unspecified atom stereocenters. The van der Waals surface area contributed by atoms with E-state index in [1.807, 2.05) is 7.05 Å². The van der Waals surface area contributed by atoms with Gasteiger partial charge in [-0.2, -0.15) is 0 Å². The third kappa shape index (κ3) is 6.69. The lowest BCUT2D eigenvalue weighted by Crippen LogP contribution is -2.47. The molecule has 0 aromatic carbocycles. The fourth-order valence-electron chi connectivity index (χ4n) is 2.62. The molecule has 0 saturated carbocycles. The Bertz CT molecular complexity index is 211. The SMILES string of the molecule is CNCCCN1CCO[C@H](CN(C)CC(C)C)C1. The highest BCUT2D eigenvalue weighted by Gasteiger charge is 2.21. The molecule has 1 fully saturated rings. The van der Waals surface area contributed by atoms with Gasteiger partial charge in [0.2, 0.25) is 0 Å². The molecule has 1 aliphatic heterocycles. The van der Waals surface area contributed by atoms with Gasteiger partial charge in [0.1, 0.15) is 0 Å². The first-order valence-corrected chi connectivity index (χ1v) is 7.29. The molecule has 0 amide bonds. The molecule has 1 saturated heterocycles. The number of nitrogens with one attached hydrogen (secondary N) is 1. The van der Waals surface area contributed by atoms with Gasteiger partial charge in [0.05, 0.1) is 12.7 Å². The van der Waals surface area contributed by atoms with Crippen LogP contribution in [0.4, 0.5) is 0 Å². The Morgan fingerprint density at radius 1 is 1.44 bits per heavy atom. The molecular weight excluding hydrogens is 226 g/mol. The second kappa shape index (κ2) is 8.86. The molecule has 4 heteroatoms. The summed E-state index contributed by atoms with van der Waals surface area (Å²) in [6.07, 6.45) is 1.61. The summed E-state index contributed by atoms with van der Waals surface area (Å²) < 4.78 is 5.87. The molecule has 1 rings (SSSR count). The predicted molar refractivity (Wildman–Crippen MR) is 77.1 cm³/mol. The van der Waals surface area contributed by atoms with Crippen LogP contribution in [0.1, 0.15) is 20.3 Å². The van der Waals surface area contributed by atoms with Crippen molar-refractivity contribution in [3.63, 3.8) is 0 Å². The molecule has 0 spiro atoms. The average molecular weight is 257 g/mol. The second-order valence-corrected chi connectivity index (χ2v) is 5.87. The topological polar surface area (TPSA) is 27.7 Å². The summed E-state index contributed by atoms with van der Waals surface area (Å²) in [5.74, 6) is 0.727. The molecule has 108 valence electrons. The van der Waals surface area contributed by atoms with Crippen LogP contribution >= 0.6 is 0 Å². The van der Waals surface area contributed by atoms with Crippen LogP contribution in [0.25, 0.3) is 0 Å². The Balaban J connectivity index is 2.21. The number of likely N-dealkylation sites (N-methyl/N-ethyl adjacent to an activating group) is 1. The molecule has 0 aromatic rings. The zero-order valence-electron chi connectivity index (χ0n) is 12.6. The van der Waals surface area contributed by atoms with Crippen LogP contribution in [-0.2, 0) is 4.74 Å². The van der Waals surface area contributed by atoms with Gasteiger partial charge < -0.3 is 15.0 Å². The molecule has 1 heterocycles. The Morgan fingerprint density at radius 2 is 2.22 bits per heavy atom. The van der Waals surface area contributed by atoms with E-state index in [4.69, 9.17) is 4.74 Å². The molecule has 0 radical (unpaired) electrons. The van der Waals surface area contributed by atoms with E-state index >= 15 is 0 Å². The Hall–Kier alpha value is -0.160. The maximum Gasteiger partial charge on any atom is 0.0829 e. The largest absolute Gasteiger partial charge is 0.374 e. The fourth-order valence-corrected chi connectivity index (χ4v) is 2.62. The lowest BCUT2D eigenvalue weighted by Gasteiger charge is -2.35. The predicted octanol–water partition coefficient (Wildman–Crippen LogP) is 0.885. The van der Waals surface area contributed by atoms with Crippen molar-refractivity contribution in [1.29, 1.82) is 0 Å². The molecular formula is C14H31N3O. The van der Waals surface area contributed by atoms with Crippen molar-refractivity contribution < 1.29 is 4.74 Å². The number of hydrogen-bond donors (Lipinski definition) is 1. The molecule has 0 aromatic heterocycles.